The lowest BCUT2D eigenvalue weighted by molar-refractivity contribution is -0.308. The highest BCUT2D eigenvalue weighted by atomic mass is 17.2. The first-order valence-electron chi connectivity index (χ1n) is 6.75. The van der Waals surface area contributed by atoms with Gasteiger partial charge in [0.25, 0.3) is 0 Å². The molecule has 7 heteroatoms. The molecule has 21 heavy (non-hydrogen) atoms. The lowest BCUT2D eigenvalue weighted by Crippen LogP contribution is -2.32. The van der Waals surface area contributed by atoms with Crippen LogP contribution in [0.2, 0.25) is 0 Å². The molecule has 7 nitrogen and oxygen atoms in total. The molecule has 1 heterocycles. The van der Waals surface area contributed by atoms with Crippen LogP contribution in [-0.2, 0) is 25.9 Å². The lowest BCUT2D eigenvalue weighted by Gasteiger charge is -2.20. The van der Waals surface area contributed by atoms with Gasteiger partial charge in [-0.3, -0.25) is 0 Å². The normalized spacial score (nSPS) is 21.7. The number of ether oxygens (including phenoxy) is 2. The van der Waals surface area contributed by atoms with Crippen LogP contribution >= 0.6 is 0 Å². The standard InChI is InChI=1S/C14H19N3O4/c1-14(2)18-10-13(21-14)12(16-17-15)9-20-19-8-11-6-4-3-5-7-11/h3-7,12-13H,8-10H2,1-2H3/t12-,13-/m0/s1. The second-order valence-corrected chi connectivity index (χ2v) is 5.17. The van der Waals surface area contributed by atoms with Crippen LogP contribution in [-0.4, -0.2) is 31.1 Å². The summed E-state index contributed by atoms with van der Waals surface area (Å²) in [6.07, 6.45) is -0.337. The van der Waals surface area contributed by atoms with E-state index in [1.165, 1.54) is 0 Å². The van der Waals surface area contributed by atoms with Crippen molar-refractivity contribution >= 4 is 0 Å². The van der Waals surface area contributed by atoms with Gasteiger partial charge in [0.1, 0.15) is 6.61 Å². The molecule has 1 aromatic carbocycles. The summed E-state index contributed by atoms with van der Waals surface area (Å²) in [7, 11) is 0. The second-order valence-electron chi connectivity index (χ2n) is 5.17. The molecule has 2 rings (SSSR count). The van der Waals surface area contributed by atoms with Gasteiger partial charge in [-0.1, -0.05) is 35.4 Å². The van der Waals surface area contributed by atoms with Gasteiger partial charge in [-0.05, 0) is 24.9 Å². The maximum Gasteiger partial charge on any atom is 0.163 e. The van der Waals surface area contributed by atoms with E-state index >= 15 is 0 Å². The predicted molar refractivity (Wildman–Crippen MR) is 75.0 cm³/mol. The summed E-state index contributed by atoms with van der Waals surface area (Å²) in [5.74, 6) is -0.668. The number of benzene rings is 1. The molecule has 1 aliphatic rings. The molecular formula is C14H19N3O4. The van der Waals surface area contributed by atoms with Crippen LogP contribution in [0.25, 0.3) is 10.4 Å². The van der Waals surface area contributed by atoms with Gasteiger partial charge in [0.15, 0.2) is 5.79 Å². The van der Waals surface area contributed by atoms with Crippen molar-refractivity contribution < 1.29 is 19.2 Å². The van der Waals surface area contributed by atoms with Crippen LogP contribution in [0, 0.1) is 0 Å². The van der Waals surface area contributed by atoms with E-state index in [-0.39, 0.29) is 12.7 Å². The Morgan fingerprint density at radius 2 is 2.14 bits per heavy atom. The number of hydrogen-bond donors (Lipinski definition) is 0. The van der Waals surface area contributed by atoms with Crippen molar-refractivity contribution in [3.63, 3.8) is 0 Å². The Hall–Kier alpha value is -1.63. The minimum atomic E-state index is -0.668. The van der Waals surface area contributed by atoms with Gasteiger partial charge >= 0.3 is 0 Å². The maximum absolute atomic E-state index is 8.63. The molecule has 0 saturated carbocycles. The van der Waals surface area contributed by atoms with Gasteiger partial charge in [-0.25, -0.2) is 9.78 Å². The Morgan fingerprint density at radius 3 is 2.76 bits per heavy atom. The quantitative estimate of drug-likeness (QED) is 0.193. The first-order chi connectivity index (χ1) is 10.1. The van der Waals surface area contributed by atoms with E-state index in [4.69, 9.17) is 24.8 Å². The topological polar surface area (TPSA) is 85.7 Å². The first kappa shape index (κ1) is 15.8. The van der Waals surface area contributed by atoms with Crippen molar-refractivity contribution in [1.82, 2.24) is 0 Å². The molecule has 0 unspecified atom stereocenters. The first-order valence-corrected chi connectivity index (χ1v) is 6.75. The minimum absolute atomic E-state index is 0.112. The third kappa shape index (κ3) is 5.00. The Morgan fingerprint density at radius 1 is 1.38 bits per heavy atom. The smallest absolute Gasteiger partial charge is 0.163 e. The molecule has 1 fully saturated rings. The monoisotopic (exact) mass is 293 g/mol. The number of nitrogens with zero attached hydrogens (tertiary/aromatic N) is 3. The summed E-state index contributed by atoms with van der Waals surface area (Å²) in [4.78, 5) is 13.1. The van der Waals surface area contributed by atoms with Gasteiger partial charge in [0.05, 0.1) is 25.4 Å². The third-order valence-electron chi connectivity index (χ3n) is 3.05. The van der Waals surface area contributed by atoms with Crippen molar-refractivity contribution in [1.29, 1.82) is 0 Å². The van der Waals surface area contributed by atoms with Gasteiger partial charge in [0, 0.05) is 4.91 Å². The Balaban J connectivity index is 1.77. The van der Waals surface area contributed by atoms with E-state index in [9.17, 15) is 0 Å². The largest absolute Gasteiger partial charge is 0.348 e. The highest BCUT2D eigenvalue weighted by Crippen LogP contribution is 2.25. The highest BCUT2D eigenvalue weighted by Gasteiger charge is 2.37. The fourth-order valence-corrected chi connectivity index (χ4v) is 1.99. The molecular weight excluding hydrogens is 274 g/mol. The fraction of sp³-hybridized carbons (Fsp3) is 0.571. The molecule has 0 aromatic heterocycles. The molecule has 0 spiro atoms. The van der Waals surface area contributed by atoms with Crippen molar-refractivity contribution in [2.24, 2.45) is 5.11 Å². The fourth-order valence-electron chi connectivity index (χ4n) is 1.99. The van der Waals surface area contributed by atoms with Crippen molar-refractivity contribution in [3.05, 3.63) is 46.3 Å². The van der Waals surface area contributed by atoms with Crippen LogP contribution < -0.4 is 0 Å². The summed E-state index contributed by atoms with van der Waals surface area (Å²) in [6.45, 7) is 4.43. The number of hydrogen-bond acceptors (Lipinski definition) is 5. The summed E-state index contributed by atoms with van der Waals surface area (Å²) < 4.78 is 11.1. The third-order valence-corrected chi connectivity index (χ3v) is 3.05. The number of rotatable bonds is 7. The zero-order chi connectivity index (χ0) is 15.1. The lowest BCUT2D eigenvalue weighted by atomic mass is 10.2. The Labute approximate surface area is 123 Å². The van der Waals surface area contributed by atoms with Crippen LogP contribution in [0.1, 0.15) is 19.4 Å². The van der Waals surface area contributed by atoms with E-state index in [0.29, 0.717) is 13.2 Å². The SMILES string of the molecule is CC1(C)OC[C@@H]([C@H](COOCc2ccccc2)N=[N+]=[N-])O1. The second kappa shape index (κ2) is 7.40. The summed E-state index contributed by atoms with van der Waals surface area (Å²) >= 11 is 0. The van der Waals surface area contributed by atoms with Crippen molar-refractivity contribution in [3.8, 4) is 0 Å². The highest BCUT2D eigenvalue weighted by molar-refractivity contribution is 5.13. The summed E-state index contributed by atoms with van der Waals surface area (Å²) in [5, 5.41) is 3.69. The van der Waals surface area contributed by atoms with Crippen LogP contribution in [0.4, 0.5) is 0 Å². The van der Waals surface area contributed by atoms with Crippen molar-refractivity contribution in [2.75, 3.05) is 13.2 Å². The zero-order valence-corrected chi connectivity index (χ0v) is 12.1. The van der Waals surface area contributed by atoms with Gasteiger partial charge in [-0.2, -0.15) is 0 Å². The maximum atomic E-state index is 8.63. The van der Waals surface area contributed by atoms with E-state index in [1.54, 1.807) is 0 Å². The molecule has 1 saturated heterocycles. The molecule has 1 aromatic rings. The van der Waals surface area contributed by atoms with Gasteiger partial charge in [0.2, 0.25) is 0 Å². The van der Waals surface area contributed by atoms with E-state index in [0.717, 1.165) is 5.56 Å². The van der Waals surface area contributed by atoms with E-state index in [1.807, 2.05) is 44.2 Å². The average Bonchev–Trinajstić information content (AvgIpc) is 2.83. The Bertz CT molecular complexity index is 488. The molecule has 0 bridgehead atoms. The molecule has 0 N–H and O–H groups in total. The van der Waals surface area contributed by atoms with Crippen molar-refractivity contribution in [2.45, 2.75) is 38.4 Å². The molecule has 2 atom stereocenters. The molecule has 0 aliphatic carbocycles. The minimum Gasteiger partial charge on any atom is -0.348 e. The predicted octanol–water partition coefficient (Wildman–Crippen LogP) is 2.97. The van der Waals surface area contributed by atoms with E-state index in [2.05, 4.69) is 10.0 Å². The van der Waals surface area contributed by atoms with Crippen LogP contribution in [0.15, 0.2) is 35.4 Å². The average molecular weight is 293 g/mol. The van der Waals surface area contributed by atoms with Crippen LogP contribution in [0.3, 0.4) is 0 Å². The Kier molecular flexibility index (Phi) is 5.55. The number of azide groups is 1. The summed E-state index contributed by atoms with van der Waals surface area (Å²) in [5.41, 5.74) is 9.63. The van der Waals surface area contributed by atoms with E-state index < -0.39 is 11.8 Å². The molecule has 1 aliphatic heterocycles. The molecule has 0 amide bonds. The zero-order valence-electron chi connectivity index (χ0n) is 12.1. The molecule has 114 valence electrons. The van der Waals surface area contributed by atoms with Gasteiger partial charge in [-0.15, -0.1) is 0 Å². The molecule has 0 radical (unpaired) electrons. The van der Waals surface area contributed by atoms with Gasteiger partial charge < -0.3 is 9.47 Å². The summed E-state index contributed by atoms with van der Waals surface area (Å²) in [6, 6.07) is 9.16. The van der Waals surface area contributed by atoms with Crippen LogP contribution in [0.5, 0.6) is 0 Å².